The minimum atomic E-state index is -0.482. The number of carbonyl (C=O) groups excluding carboxylic acids is 1. The van der Waals surface area contributed by atoms with E-state index in [-0.39, 0.29) is 11.4 Å². The number of aryl methyl sites for hydroxylation is 1. The lowest BCUT2D eigenvalue weighted by molar-refractivity contribution is -0.384. The summed E-state index contributed by atoms with van der Waals surface area (Å²) in [6.07, 6.45) is 0. The Morgan fingerprint density at radius 2 is 1.88 bits per heavy atom. The third-order valence-corrected chi connectivity index (χ3v) is 5.17. The quantitative estimate of drug-likeness (QED) is 0.265. The van der Waals surface area contributed by atoms with Gasteiger partial charge in [-0.3, -0.25) is 20.0 Å². The van der Waals surface area contributed by atoms with Gasteiger partial charge in [0.2, 0.25) is 0 Å². The third-order valence-electron chi connectivity index (χ3n) is 5.17. The van der Waals surface area contributed by atoms with E-state index in [0.29, 0.717) is 17.0 Å². The second kappa shape index (κ2) is 8.87. The zero-order valence-corrected chi connectivity index (χ0v) is 18.2. The average molecular weight is 443 g/mol. The molecule has 4 aromatic rings. The maximum atomic E-state index is 12.6. The van der Waals surface area contributed by atoms with Gasteiger partial charge in [0.25, 0.3) is 11.6 Å². The predicted molar refractivity (Wildman–Crippen MR) is 123 cm³/mol. The number of nitrogens with zero attached hydrogens (tertiary/aromatic N) is 5. The van der Waals surface area contributed by atoms with Crippen LogP contribution < -0.4 is 5.43 Å². The molecule has 0 atom stereocenters. The molecular weight excluding hydrogens is 422 g/mol. The first-order chi connectivity index (χ1) is 15.8. The number of H-pyrrole nitrogens is 1. The number of carbonyl (C=O) groups is 1. The molecule has 2 heterocycles. The van der Waals surface area contributed by atoms with E-state index in [1.54, 1.807) is 25.1 Å². The van der Waals surface area contributed by atoms with E-state index in [0.717, 1.165) is 22.6 Å². The third kappa shape index (κ3) is 4.40. The Kier molecular flexibility index (Phi) is 5.81. The van der Waals surface area contributed by atoms with E-state index in [2.05, 4.69) is 25.8 Å². The van der Waals surface area contributed by atoms with Crippen LogP contribution in [0.15, 0.2) is 65.8 Å². The maximum absolute atomic E-state index is 12.6. The normalized spacial score (nSPS) is 11.4. The number of hydrogen-bond acceptors (Lipinski definition) is 6. The smallest absolute Gasteiger partial charge is 0.272 e. The van der Waals surface area contributed by atoms with Crippen molar-refractivity contribution in [1.82, 2.24) is 25.4 Å². The topological polar surface area (TPSA) is 131 Å². The molecule has 0 aliphatic heterocycles. The average Bonchev–Trinajstić information content (AvgIpc) is 3.42. The Hall–Kier alpha value is -4.60. The van der Waals surface area contributed by atoms with E-state index in [9.17, 15) is 14.9 Å². The van der Waals surface area contributed by atoms with E-state index in [4.69, 9.17) is 0 Å². The fraction of sp³-hybridized carbons (Fsp3) is 0.130. The van der Waals surface area contributed by atoms with Gasteiger partial charge in [0.05, 0.1) is 33.4 Å². The number of nitrogens with one attached hydrogen (secondary N) is 2. The van der Waals surface area contributed by atoms with Gasteiger partial charge in [0, 0.05) is 23.3 Å². The molecule has 0 saturated carbocycles. The summed E-state index contributed by atoms with van der Waals surface area (Å²) >= 11 is 0. The molecule has 0 radical (unpaired) electrons. The minimum Gasteiger partial charge on any atom is -0.272 e. The first-order valence-electron chi connectivity index (χ1n) is 10.1. The Morgan fingerprint density at radius 3 is 2.61 bits per heavy atom. The highest BCUT2D eigenvalue weighted by atomic mass is 16.6. The lowest BCUT2D eigenvalue weighted by Crippen LogP contribution is -2.19. The number of aromatic amines is 1. The highest BCUT2D eigenvalue weighted by Gasteiger charge is 2.19. The zero-order valence-electron chi connectivity index (χ0n) is 18.2. The van der Waals surface area contributed by atoms with Crippen LogP contribution in [-0.2, 0) is 0 Å². The number of nitro benzene ring substituents is 1. The van der Waals surface area contributed by atoms with Crippen molar-refractivity contribution in [2.45, 2.75) is 20.8 Å². The Morgan fingerprint density at radius 1 is 1.12 bits per heavy atom. The largest absolute Gasteiger partial charge is 0.289 e. The minimum absolute atomic E-state index is 0.0478. The number of aromatic nitrogens is 4. The number of non-ortho nitro benzene ring substituents is 1. The molecule has 0 aliphatic carbocycles. The number of amides is 1. The van der Waals surface area contributed by atoms with Crippen molar-refractivity contribution in [2.75, 3.05) is 0 Å². The summed E-state index contributed by atoms with van der Waals surface area (Å²) in [5.74, 6) is -0.482. The van der Waals surface area contributed by atoms with Gasteiger partial charge in [-0.15, -0.1) is 0 Å². The van der Waals surface area contributed by atoms with Crippen LogP contribution in [0, 0.1) is 24.0 Å². The SMILES string of the molecule is C/C(=N/NC(=O)c1cc(-c2c(C)nn(-c3ccccc3)c2C)n[nH]1)c1cccc([N+](=O)[O-])c1. The molecule has 0 bridgehead atoms. The monoisotopic (exact) mass is 443 g/mol. The summed E-state index contributed by atoms with van der Waals surface area (Å²) in [6, 6.07) is 17.4. The maximum Gasteiger partial charge on any atom is 0.289 e. The highest BCUT2D eigenvalue weighted by molar-refractivity contribution is 6.01. The molecule has 10 nitrogen and oxygen atoms in total. The first-order valence-corrected chi connectivity index (χ1v) is 10.1. The summed E-state index contributed by atoms with van der Waals surface area (Å²) in [5.41, 5.74) is 7.66. The van der Waals surface area contributed by atoms with Gasteiger partial charge < -0.3 is 0 Å². The van der Waals surface area contributed by atoms with Crippen molar-refractivity contribution in [3.63, 3.8) is 0 Å². The van der Waals surface area contributed by atoms with Crippen molar-refractivity contribution in [3.8, 4) is 16.9 Å². The van der Waals surface area contributed by atoms with Crippen LogP contribution >= 0.6 is 0 Å². The molecule has 0 spiro atoms. The van der Waals surface area contributed by atoms with Crippen LogP contribution in [0.5, 0.6) is 0 Å². The van der Waals surface area contributed by atoms with E-state index in [1.165, 1.54) is 12.1 Å². The van der Waals surface area contributed by atoms with Gasteiger partial charge in [0.15, 0.2) is 0 Å². The van der Waals surface area contributed by atoms with Crippen LogP contribution in [0.1, 0.15) is 34.4 Å². The van der Waals surface area contributed by atoms with Crippen molar-refractivity contribution in [1.29, 1.82) is 0 Å². The molecule has 33 heavy (non-hydrogen) atoms. The van der Waals surface area contributed by atoms with Gasteiger partial charge in [0.1, 0.15) is 5.69 Å². The number of hydrazone groups is 1. The van der Waals surface area contributed by atoms with Crippen LogP contribution in [0.2, 0.25) is 0 Å². The molecule has 0 fully saturated rings. The second-order valence-corrected chi connectivity index (χ2v) is 7.41. The lowest BCUT2D eigenvalue weighted by atomic mass is 10.1. The molecule has 4 rings (SSSR count). The summed E-state index contributed by atoms with van der Waals surface area (Å²) in [7, 11) is 0. The number of rotatable bonds is 6. The van der Waals surface area contributed by atoms with E-state index in [1.807, 2.05) is 48.9 Å². The summed E-state index contributed by atoms with van der Waals surface area (Å²) in [6.45, 7) is 5.49. The molecule has 2 N–H and O–H groups in total. The summed E-state index contributed by atoms with van der Waals surface area (Å²) in [4.78, 5) is 23.1. The molecule has 1 amide bonds. The highest BCUT2D eigenvalue weighted by Crippen LogP contribution is 2.27. The fourth-order valence-corrected chi connectivity index (χ4v) is 3.50. The molecular formula is C23H21N7O3. The van der Waals surface area contributed by atoms with E-state index < -0.39 is 10.8 Å². The number of nitro groups is 1. The van der Waals surface area contributed by atoms with Crippen LogP contribution in [0.4, 0.5) is 5.69 Å². The van der Waals surface area contributed by atoms with Crippen LogP contribution in [-0.4, -0.2) is 36.5 Å². The molecule has 166 valence electrons. The Labute approximate surface area is 189 Å². The molecule has 2 aromatic heterocycles. The molecule has 0 saturated heterocycles. The molecule has 2 aromatic carbocycles. The first kappa shape index (κ1) is 21.6. The number of para-hydroxylation sites is 1. The Balaban J connectivity index is 1.54. The van der Waals surface area contributed by atoms with Crippen LogP contribution in [0.3, 0.4) is 0 Å². The van der Waals surface area contributed by atoms with Crippen molar-refractivity contribution >= 4 is 17.3 Å². The molecule has 0 unspecified atom stereocenters. The summed E-state index contributed by atoms with van der Waals surface area (Å²) < 4.78 is 1.84. The zero-order chi connectivity index (χ0) is 23.5. The van der Waals surface area contributed by atoms with Gasteiger partial charge in [-0.1, -0.05) is 30.3 Å². The van der Waals surface area contributed by atoms with Gasteiger partial charge in [-0.05, 0) is 39.0 Å². The van der Waals surface area contributed by atoms with Gasteiger partial charge >= 0.3 is 0 Å². The molecule has 10 heteroatoms. The van der Waals surface area contributed by atoms with Crippen molar-refractivity contribution in [3.05, 3.63) is 93.4 Å². The predicted octanol–water partition coefficient (Wildman–Crippen LogP) is 3.94. The van der Waals surface area contributed by atoms with Crippen molar-refractivity contribution in [2.24, 2.45) is 5.10 Å². The number of hydrogen-bond donors (Lipinski definition) is 2. The van der Waals surface area contributed by atoms with Gasteiger partial charge in [-0.25, -0.2) is 10.1 Å². The number of benzene rings is 2. The lowest BCUT2D eigenvalue weighted by Gasteiger charge is -2.04. The van der Waals surface area contributed by atoms with Crippen molar-refractivity contribution < 1.29 is 9.72 Å². The fourth-order valence-electron chi connectivity index (χ4n) is 3.50. The standard InChI is InChI=1S/C23H21N7O3/c1-14(17-8-7-11-19(12-17)30(32)33)24-27-23(31)21-13-20(25-26-21)22-15(2)28-29(16(22)3)18-9-5-4-6-10-18/h4-13H,1-3H3,(H,25,26)(H,27,31)/b24-14-. The van der Waals surface area contributed by atoms with Crippen LogP contribution in [0.25, 0.3) is 16.9 Å². The molecule has 0 aliphatic rings. The van der Waals surface area contributed by atoms with E-state index >= 15 is 0 Å². The second-order valence-electron chi connectivity index (χ2n) is 7.41. The van der Waals surface area contributed by atoms with Gasteiger partial charge in [-0.2, -0.15) is 15.3 Å². The summed E-state index contributed by atoms with van der Waals surface area (Å²) in [5, 5.41) is 26.7. The Bertz CT molecular complexity index is 1370.